The van der Waals surface area contributed by atoms with Gasteiger partial charge in [-0.25, -0.2) is 0 Å². The van der Waals surface area contributed by atoms with Crippen LogP contribution in [0, 0.1) is 0 Å². The minimum atomic E-state index is -0.612. The number of hydrogen-bond acceptors (Lipinski definition) is 5. The van der Waals surface area contributed by atoms with Crippen molar-refractivity contribution in [2.45, 2.75) is 43.7 Å². The lowest BCUT2D eigenvalue weighted by Crippen LogP contribution is -2.29. The molecule has 39 heavy (non-hydrogen) atoms. The number of carbonyl (C=O) groups is 2. The number of fused-ring (bicyclic) bond motifs is 1. The highest BCUT2D eigenvalue weighted by Crippen LogP contribution is 2.47. The van der Waals surface area contributed by atoms with E-state index in [9.17, 15) is 9.59 Å². The maximum absolute atomic E-state index is 13.1. The fourth-order valence-electron chi connectivity index (χ4n) is 5.82. The fraction of sp³-hybridized carbons (Fsp3) is 0.281. The first kappa shape index (κ1) is 25.2. The van der Waals surface area contributed by atoms with Crippen LogP contribution in [0.25, 0.3) is 21.9 Å². The molecule has 1 saturated carbocycles. The lowest BCUT2D eigenvalue weighted by molar-refractivity contribution is -0.120. The lowest BCUT2D eigenvalue weighted by Gasteiger charge is -2.20. The van der Waals surface area contributed by atoms with Crippen molar-refractivity contribution < 1.29 is 9.59 Å². The highest BCUT2D eigenvalue weighted by atomic mass is 16.2. The molecule has 3 aromatic carbocycles. The summed E-state index contributed by atoms with van der Waals surface area (Å²) in [6.07, 6.45) is 5.66. The fourth-order valence-corrected chi connectivity index (χ4v) is 5.82. The predicted molar refractivity (Wildman–Crippen MR) is 154 cm³/mol. The summed E-state index contributed by atoms with van der Waals surface area (Å²) in [6.45, 7) is 1.48. The van der Waals surface area contributed by atoms with Crippen molar-refractivity contribution in [3.05, 3.63) is 95.3 Å². The molecule has 0 spiro atoms. The maximum Gasteiger partial charge on any atom is 0.255 e. The van der Waals surface area contributed by atoms with Crippen LogP contribution in [0.1, 0.15) is 58.9 Å². The molecule has 1 aliphatic carbocycles. The zero-order valence-corrected chi connectivity index (χ0v) is 22.1. The van der Waals surface area contributed by atoms with Crippen molar-refractivity contribution in [1.29, 1.82) is 0 Å². The third-order valence-electron chi connectivity index (χ3n) is 8.41. The molecule has 1 unspecified atom stereocenters. The van der Waals surface area contributed by atoms with Gasteiger partial charge in [-0.15, -0.1) is 0 Å². The predicted octanol–water partition coefficient (Wildman–Crippen LogP) is 4.90. The van der Waals surface area contributed by atoms with E-state index in [-0.39, 0.29) is 11.8 Å². The monoisotopic (exact) mass is 519 g/mol. The van der Waals surface area contributed by atoms with E-state index in [2.05, 4.69) is 40.4 Å². The standard InChI is InChI=1S/C32H33N5O2/c1-37-14-2-3-28(37)20-4-6-21(7-5-20)30(38)36-26-11-10-24(18-33)27(17-26)23-9-8-22-16-29(35-19-25(22)15-23)32(12-13-32)31(34)39/h4-11,15-17,19,28H,2-3,12-14,18,33H2,1H3,(H2,34,39)(H,36,38). The number of nitrogens with one attached hydrogen (secondary N) is 1. The molecule has 1 saturated heterocycles. The van der Waals surface area contributed by atoms with Gasteiger partial charge in [0.2, 0.25) is 5.91 Å². The summed E-state index contributed by atoms with van der Waals surface area (Å²) >= 11 is 0. The second kappa shape index (κ2) is 9.91. The number of likely N-dealkylation sites (tertiary alicyclic amines) is 1. The van der Waals surface area contributed by atoms with Gasteiger partial charge in [0.25, 0.3) is 5.91 Å². The molecule has 5 N–H and O–H groups in total. The average molecular weight is 520 g/mol. The smallest absolute Gasteiger partial charge is 0.255 e. The molecule has 6 rings (SSSR count). The molecule has 2 aliphatic rings. The molecule has 7 nitrogen and oxygen atoms in total. The van der Waals surface area contributed by atoms with Crippen LogP contribution in [-0.2, 0) is 16.8 Å². The Hall–Kier alpha value is -4.07. The average Bonchev–Trinajstić information content (AvgIpc) is 3.67. The van der Waals surface area contributed by atoms with E-state index in [0.717, 1.165) is 59.0 Å². The number of pyridine rings is 1. The van der Waals surface area contributed by atoms with Crippen molar-refractivity contribution in [2.75, 3.05) is 18.9 Å². The van der Waals surface area contributed by atoms with Crippen LogP contribution in [0.5, 0.6) is 0 Å². The second-order valence-corrected chi connectivity index (χ2v) is 10.9. The first-order chi connectivity index (χ1) is 18.9. The van der Waals surface area contributed by atoms with E-state index in [1.165, 1.54) is 12.0 Å². The number of benzene rings is 3. The molecule has 0 radical (unpaired) electrons. The van der Waals surface area contributed by atoms with Crippen molar-refractivity contribution in [2.24, 2.45) is 11.5 Å². The van der Waals surface area contributed by atoms with Gasteiger partial charge >= 0.3 is 0 Å². The van der Waals surface area contributed by atoms with Gasteiger partial charge in [-0.2, -0.15) is 0 Å². The van der Waals surface area contributed by atoms with Gasteiger partial charge in [-0.05, 0) is 103 Å². The van der Waals surface area contributed by atoms with E-state index < -0.39 is 5.41 Å². The summed E-state index contributed by atoms with van der Waals surface area (Å²) < 4.78 is 0. The SMILES string of the molecule is CN1CCCC1c1ccc(C(=O)Nc2ccc(CN)c(-c3ccc4cc(C5(C(N)=O)CC5)ncc4c3)c2)cc1. The molecule has 1 atom stereocenters. The highest BCUT2D eigenvalue weighted by molar-refractivity contribution is 6.04. The number of carbonyl (C=O) groups excluding carboxylic acids is 2. The van der Waals surface area contributed by atoms with Gasteiger partial charge in [0.1, 0.15) is 0 Å². The number of nitrogens with zero attached hydrogens (tertiary/aromatic N) is 2. The zero-order valence-electron chi connectivity index (χ0n) is 22.1. The number of anilines is 1. The van der Waals surface area contributed by atoms with Gasteiger partial charge < -0.3 is 16.8 Å². The summed E-state index contributed by atoms with van der Waals surface area (Å²) in [7, 11) is 2.15. The minimum Gasteiger partial charge on any atom is -0.369 e. The Morgan fingerprint density at radius 1 is 1.03 bits per heavy atom. The molecule has 2 heterocycles. The van der Waals surface area contributed by atoms with Crippen molar-refractivity contribution in [3.8, 4) is 11.1 Å². The normalized spacial score (nSPS) is 18.3. The summed E-state index contributed by atoms with van der Waals surface area (Å²) in [6, 6.07) is 22.3. The van der Waals surface area contributed by atoms with E-state index in [4.69, 9.17) is 11.5 Å². The quantitative estimate of drug-likeness (QED) is 0.321. The molecular formula is C32H33N5O2. The molecule has 2 amide bonds. The van der Waals surface area contributed by atoms with E-state index in [1.54, 1.807) is 6.20 Å². The van der Waals surface area contributed by atoms with E-state index >= 15 is 0 Å². The number of amides is 2. The van der Waals surface area contributed by atoms with Gasteiger partial charge in [-0.1, -0.05) is 30.3 Å². The zero-order chi connectivity index (χ0) is 27.1. The lowest BCUT2D eigenvalue weighted by atomic mass is 9.95. The van der Waals surface area contributed by atoms with Crippen LogP contribution < -0.4 is 16.8 Å². The van der Waals surface area contributed by atoms with Gasteiger partial charge in [0.05, 0.1) is 11.1 Å². The van der Waals surface area contributed by atoms with Crippen molar-refractivity contribution in [3.63, 3.8) is 0 Å². The molecule has 7 heteroatoms. The van der Waals surface area contributed by atoms with Crippen LogP contribution in [0.4, 0.5) is 5.69 Å². The number of primary amides is 1. The van der Waals surface area contributed by atoms with Gasteiger partial charge in [0, 0.05) is 35.4 Å². The molecule has 4 aromatic rings. The van der Waals surface area contributed by atoms with Gasteiger partial charge in [-0.3, -0.25) is 19.5 Å². The summed E-state index contributed by atoms with van der Waals surface area (Å²) in [4.78, 5) is 32.0. The van der Waals surface area contributed by atoms with Crippen LogP contribution in [0.2, 0.25) is 0 Å². The summed E-state index contributed by atoms with van der Waals surface area (Å²) in [5.74, 6) is -0.457. The first-order valence-corrected chi connectivity index (χ1v) is 13.5. The second-order valence-electron chi connectivity index (χ2n) is 10.9. The molecule has 1 aliphatic heterocycles. The first-order valence-electron chi connectivity index (χ1n) is 13.5. The Labute approximate surface area is 228 Å². The Bertz CT molecular complexity index is 1580. The Morgan fingerprint density at radius 2 is 1.82 bits per heavy atom. The van der Waals surface area contributed by atoms with Crippen LogP contribution in [0.3, 0.4) is 0 Å². The van der Waals surface area contributed by atoms with E-state index in [1.807, 2.05) is 48.5 Å². The summed E-state index contributed by atoms with van der Waals surface area (Å²) in [5.41, 5.74) is 17.3. The number of rotatable bonds is 7. The number of aromatic nitrogens is 1. The third kappa shape index (κ3) is 4.68. The molecule has 0 bridgehead atoms. The topological polar surface area (TPSA) is 114 Å². The minimum absolute atomic E-state index is 0.147. The van der Waals surface area contributed by atoms with Crippen molar-refractivity contribution in [1.82, 2.24) is 9.88 Å². The third-order valence-corrected chi connectivity index (χ3v) is 8.41. The van der Waals surface area contributed by atoms with Crippen LogP contribution in [-0.4, -0.2) is 35.3 Å². The molecule has 2 fully saturated rings. The highest BCUT2D eigenvalue weighted by Gasteiger charge is 2.51. The Balaban J connectivity index is 1.24. The molecule has 198 valence electrons. The Kier molecular flexibility index (Phi) is 6.41. The number of nitrogens with two attached hydrogens (primary N) is 2. The van der Waals surface area contributed by atoms with Crippen LogP contribution in [0.15, 0.2) is 72.9 Å². The maximum atomic E-state index is 13.1. The van der Waals surface area contributed by atoms with Gasteiger partial charge in [0.15, 0.2) is 0 Å². The summed E-state index contributed by atoms with van der Waals surface area (Å²) in [5, 5.41) is 5.01. The van der Waals surface area contributed by atoms with E-state index in [0.29, 0.717) is 23.8 Å². The molecular weight excluding hydrogens is 486 g/mol. The van der Waals surface area contributed by atoms with Crippen molar-refractivity contribution >= 4 is 28.3 Å². The largest absolute Gasteiger partial charge is 0.369 e. The Morgan fingerprint density at radius 3 is 2.49 bits per heavy atom. The number of hydrogen-bond donors (Lipinski definition) is 3. The van der Waals surface area contributed by atoms with Crippen LogP contribution >= 0.6 is 0 Å². The molecule has 1 aromatic heterocycles.